The van der Waals surface area contributed by atoms with Crippen LogP contribution in [0.2, 0.25) is 0 Å². The molecule has 1 saturated carbocycles. The first kappa shape index (κ1) is 10.4. The second-order valence-corrected chi connectivity index (χ2v) is 5.61. The van der Waals surface area contributed by atoms with E-state index in [4.69, 9.17) is 0 Å². The van der Waals surface area contributed by atoms with E-state index in [0.717, 1.165) is 0 Å². The van der Waals surface area contributed by atoms with Gasteiger partial charge in [-0.05, 0) is 57.4 Å². The number of rotatable bonds is 2. The quantitative estimate of drug-likeness (QED) is 0.730. The lowest BCUT2D eigenvalue weighted by Gasteiger charge is -2.26. The van der Waals surface area contributed by atoms with Gasteiger partial charge in [0.15, 0.2) is 0 Å². The second kappa shape index (κ2) is 3.82. The lowest BCUT2D eigenvalue weighted by Crippen LogP contribution is -2.31. The van der Waals surface area contributed by atoms with Crippen molar-refractivity contribution in [1.29, 1.82) is 0 Å². The molecule has 2 atom stereocenters. The zero-order chi connectivity index (χ0) is 10.2. The fourth-order valence-corrected chi connectivity index (χ4v) is 3.26. The third kappa shape index (κ3) is 1.82. The lowest BCUT2D eigenvalue weighted by molar-refractivity contribution is 0.195. The Bertz CT molecular complexity index is 204. The van der Waals surface area contributed by atoms with E-state index in [9.17, 15) is 5.11 Å². The van der Waals surface area contributed by atoms with Crippen LogP contribution in [0.4, 0.5) is 0 Å². The topological polar surface area (TPSA) is 23.5 Å². The van der Waals surface area contributed by atoms with Crippen LogP contribution >= 0.6 is 0 Å². The van der Waals surface area contributed by atoms with Crippen molar-refractivity contribution in [3.8, 4) is 0 Å². The summed E-state index contributed by atoms with van der Waals surface area (Å²) in [4.78, 5) is 2.60. The summed E-state index contributed by atoms with van der Waals surface area (Å²) in [5, 5.41) is 9.17. The minimum absolute atomic E-state index is 0.406. The Morgan fingerprint density at radius 2 is 2.21 bits per heavy atom. The van der Waals surface area contributed by atoms with Gasteiger partial charge in [-0.3, -0.25) is 0 Å². The standard InChI is InChI=1S/C12H23NO/c1-10(2)13-6-5-12(9-13)4-3-11(7-12)8-14/h10-11,14H,3-9H2,1-2H3/t11-,12+/m0/s1. The molecule has 14 heavy (non-hydrogen) atoms. The minimum atomic E-state index is 0.406. The van der Waals surface area contributed by atoms with E-state index in [-0.39, 0.29) is 0 Å². The van der Waals surface area contributed by atoms with Gasteiger partial charge in [0.2, 0.25) is 0 Å². The van der Waals surface area contributed by atoms with Gasteiger partial charge >= 0.3 is 0 Å². The maximum absolute atomic E-state index is 9.17. The molecule has 82 valence electrons. The van der Waals surface area contributed by atoms with E-state index in [1.165, 1.54) is 38.8 Å². The van der Waals surface area contributed by atoms with Gasteiger partial charge in [0.05, 0.1) is 0 Å². The first-order valence-electron chi connectivity index (χ1n) is 6.00. The molecule has 1 aliphatic heterocycles. The molecular formula is C12H23NO. The van der Waals surface area contributed by atoms with Crippen molar-refractivity contribution in [3.05, 3.63) is 0 Å². The summed E-state index contributed by atoms with van der Waals surface area (Å²) in [5.41, 5.74) is 0.581. The average molecular weight is 197 g/mol. The Labute approximate surface area is 87.3 Å². The van der Waals surface area contributed by atoms with E-state index in [1.54, 1.807) is 0 Å². The molecule has 0 unspecified atom stereocenters. The third-order valence-electron chi connectivity index (χ3n) is 4.26. The van der Waals surface area contributed by atoms with Crippen LogP contribution in [0.1, 0.15) is 39.5 Å². The van der Waals surface area contributed by atoms with E-state index < -0.39 is 0 Å². The molecule has 1 spiro atoms. The molecule has 1 saturated heterocycles. The molecule has 0 radical (unpaired) electrons. The number of aliphatic hydroxyl groups is 1. The van der Waals surface area contributed by atoms with Gasteiger partial charge in [-0.1, -0.05) is 0 Å². The lowest BCUT2D eigenvalue weighted by atomic mass is 9.84. The van der Waals surface area contributed by atoms with E-state index >= 15 is 0 Å². The van der Waals surface area contributed by atoms with Crippen LogP contribution in [0.3, 0.4) is 0 Å². The van der Waals surface area contributed by atoms with Crippen molar-refractivity contribution in [2.75, 3.05) is 19.7 Å². The molecule has 0 aromatic rings. The SMILES string of the molecule is CC(C)N1CC[C@@]2(CC[C@H](CO)C2)C1. The molecule has 2 aliphatic rings. The summed E-state index contributed by atoms with van der Waals surface area (Å²) in [6.07, 6.45) is 5.23. The van der Waals surface area contributed by atoms with Gasteiger partial charge in [-0.2, -0.15) is 0 Å². The number of aliphatic hydroxyl groups excluding tert-OH is 1. The molecule has 0 aromatic carbocycles. The Kier molecular flexibility index (Phi) is 2.85. The third-order valence-corrected chi connectivity index (χ3v) is 4.26. The zero-order valence-corrected chi connectivity index (χ0v) is 9.50. The highest BCUT2D eigenvalue weighted by Gasteiger charge is 2.43. The summed E-state index contributed by atoms with van der Waals surface area (Å²) in [5.74, 6) is 0.599. The summed E-state index contributed by atoms with van der Waals surface area (Å²) >= 11 is 0. The highest BCUT2D eigenvalue weighted by atomic mass is 16.3. The zero-order valence-electron chi connectivity index (χ0n) is 9.50. The molecule has 1 N–H and O–H groups in total. The summed E-state index contributed by atoms with van der Waals surface area (Å²) in [6, 6.07) is 0.697. The number of likely N-dealkylation sites (tertiary alicyclic amines) is 1. The number of nitrogens with zero attached hydrogens (tertiary/aromatic N) is 1. The monoisotopic (exact) mass is 197 g/mol. The molecule has 0 bridgehead atoms. The van der Waals surface area contributed by atoms with Gasteiger partial charge < -0.3 is 10.0 Å². The van der Waals surface area contributed by atoms with Gasteiger partial charge in [0, 0.05) is 19.2 Å². The first-order chi connectivity index (χ1) is 6.65. The Morgan fingerprint density at radius 1 is 1.43 bits per heavy atom. The smallest absolute Gasteiger partial charge is 0.0459 e. The fraction of sp³-hybridized carbons (Fsp3) is 1.00. The highest BCUT2D eigenvalue weighted by Crippen LogP contribution is 2.48. The Hall–Kier alpha value is -0.0800. The van der Waals surface area contributed by atoms with Crippen molar-refractivity contribution >= 4 is 0 Å². The van der Waals surface area contributed by atoms with Crippen LogP contribution in [-0.4, -0.2) is 35.7 Å². The summed E-state index contributed by atoms with van der Waals surface area (Å²) < 4.78 is 0. The highest BCUT2D eigenvalue weighted by molar-refractivity contribution is 4.96. The maximum Gasteiger partial charge on any atom is 0.0459 e. The van der Waals surface area contributed by atoms with Crippen molar-refractivity contribution in [3.63, 3.8) is 0 Å². The molecule has 0 amide bonds. The van der Waals surface area contributed by atoms with E-state index in [1.807, 2.05) is 0 Å². The van der Waals surface area contributed by atoms with Crippen LogP contribution < -0.4 is 0 Å². The van der Waals surface area contributed by atoms with Crippen LogP contribution in [0, 0.1) is 11.3 Å². The van der Waals surface area contributed by atoms with E-state index in [0.29, 0.717) is 24.0 Å². The number of hydrogen-bond donors (Lipinski definition) is 1. The van der Waals surface area contributed by atoms with E-state index in [2.05, 4.69) is 18.7 Å². The van der Waals surface area contributed by atoms with Crippen molar-refractivity contribution in [2.24, 2.45) is 11.3 Å². The summed E-state index contributed by atoms with van der Waals surface area (Å²) in [7, 11) is 0. The molecule has 2 heteroatoms. The molecule has 2 rings (SSSR count). The average Bonchev–Trinajstić information content (AvgIpc) is 2.74. The van der Waals surface area contributed by atoms with Crippen LogP contribution in [0.15, 0.2) is 0 Å². The normalized spacial score (nSPS) is 39.0. The Balaban J connectivity index is 1.94. The molecule has 1 aliphatic carbocycles. The molecule has 2 fully saturated rings. The molecule has 1 heterocycles. The predicted octanol–water partition coefficient (Wildman–Crippen LogP) is 1.88. The first-order valence-corrected chi connectivity index (χ1v) is 6.00. The van der Waals surface area contributed by atoms with Crippen molar-refractivity contribution in [1.82, 2.24) is 4.90 Å². The second-order valence-electron chi connectivity index (χ2n) is 5.61. The summed E-state index contributed by atoms with van der Waals surface area (Å²) in [6.45, 7) is 7.54. The number of hydrogen-bond acceptors (Lipinski definition) is 2. The fourth-order valence-electron chi connectivity index (χ4n) is 3.26. The van der Waals surface area contributed by atoms with Crippen LogP contribution in [0.5, 0.6) is 0 Å². The van der Waals surface area contributed by atoms with Crippen molar-refractivity contribution < 1.29 is 5.11 Å². The maximum atomic E-state index is 9.17. The molecule has 0 aromatic heterocycles. The predicted molar refractivity (Wildman–Crippen MR) is 58.2 cm³/mol. The molecular weight excluding hydrogens is 174 g/mol. The van der Waals surface area contributed by atoms with Gasteiger partial charge in [-0.15, -0.1) is 0 Å². The van der Waals surface area contributed by atoms with Crippen molar-refractivity contribution in [2.45, 2.75) is 45.6 Å². The minimum Gasteiger partial charge on any atom is -0.396 e. The van der Waals surface area contributed by atoms with Gasteiger partial charge in [-0.25, -0.2) is 0 Å². The Morgan fingerprint density at radius 3 is 2.71 bits per heavy atom. The van der Waals surface area contributed by atoms with Gasteiger partial charge in [0.25, 0.3) is 0 Å². The van der Waals surface area contributed by atoms with Gasteiger partial charge in [0.1, 0.15) is 0 Å². The largest absolute Gasteiger partial charge is 0.396 e. The molecule has 2 nitrogen and oxygen atoms in total. The van der Waals surface area contributed by atoms with Crippen LogP contribution in [-0.2, 0) is 0 Å². The van der Waals surface area contributed by atoms with Crippen LogP contribution in [0.25, 0.3) is 0 Å².